The Morgan fingerprint density at radius 3 is 2.59 bits per heavy atom. The molecule has 0 aliphatic carbocycles. The number of methoxy groups -OCH3 is 1. The molecule has 2 rings (SSSR count). The minimum absolute atomic E-state index is 0.0528. The number of rotatable bonds is 5. The van der Waals surface area contributed by atoms with Crippen molar-refractivity contribution in [1.82, 2.24) is 9.62 Å². The van der Waals surface area contributed by atoms with E-state index < -0.39 is 27.4 Å². The summed E-state index contributed by atoms with van der Waals surface area (Å²) in [6.45, 7) is 5.85. The molecule has 1 heterocycles. The highest BCUT2D eigenvalue weighted by Gasteiger charge is 2.33. The number of amides is 1. The number of carbonyl (C=O) groups excluding carboxylic acids is 2. The van der Waals surface area contributed by atoms with Crippen LogP contribution >= 0.6 is 11.6 Å². The van der Waals surface area contributed by atoms with Gasteiger partial charge in [-0.25, -0.2) is 13.2 Å². The fourth-order valence-electron chi connectivity index (χ4n) is 3.01. The van der Waals surface area contributed by atoms with Gasteiger partial charge < -0.3 is 10.1 Å². The number of nitrogens with zero attached hydrogens (tertiary/aromatic N) is 1. The quantitative estimate of drug-likeness (QED) is 0.744. The van der Waals surface area contributed by atoms with Crippen molar-refractivity contribution >= 4 is 33.5 Å². The molecule has 1 aliphatic heterocycles. The van der Waals surface area contributed by atoms with Crippen molar-refractivity contribution in [2.24, 2.45) is 5.92 Å². The van der Waals surface area contributed by atoms with Gasteiger partial charge >= 0.3 is 5.97 Å². The number of ether oxygens (including phenoxy) is 1. The van der Waals surface area contributed by atoms with E-state index in [9.17, 15) is 18.0 Å². The second-order valence-corrected chi connectivity index (χ2v) is 9.64. The number of hydrogen-bond donors (Lipinski definition) is 1. The molecule has 1 aromatic rings. The van der Waals surface area contributed by atoms with E-state index in [-0.39, 0.29) is 21.4 Å². The molecule has 9 heteroatoms. The van der Waals surface area contributed by atoms with E-state index in [0.29, 0.717) is 13.1 Å². The van der Waals surface area contributed by atoms with Crippen LogP contribution in [0.5, 0.6) is 0 Å². The summed E-state index contributed by atoms with van der Waals surface area (Å²) in [6.07, 6.45) is 1.76. The Labute approximate surface area is 165 Å². The van der Waals surface area contributed by atoms with Crippen molar-refractivity contribution in [3.63, 3.8) is 0 Å². The molecule has 0 aromatic heterocycles. The molecule has 0 spiro atoms. The molecule has 150 valence electrons. The Balaban J connectivity index is 2.33. The van der Waals surface area contributed by atoms with Gasteiger partial charge in [-0.3, -0.25) is 4.79 Å². The second kappa shape index (κ2) is 8.16. The largest absolute Gasteiger partial charge is 0.467 e. The molecule has 1 fully saturated rings. The van der Waals surface area contributed by atoms with Crippen LogP contribution in [0.15, 0.2) is 23.1 Å². The van der Waals surface area contributed by atoms with Crippen LogP contribution in [-0.4, -0.2) is 50.3 Å². The maximum atomic E-state index is 13.0. The zero-order valence-electron chi connectivity index (χ0n) is 15.9. The minimum Gasteiger partial charge on any atom is -0.467 e. The molecule has 0 unspecified atom stereocenters. The minimum atomic E-state index is -3.82. The molecule has 27 heavy (non-hydrogen) atoms. The molecular formula is C18H25ClN2O5S. The maximum Gasteiger partial charge on any atom is 0.330 e. The SMILES string of the molecule is COC(=O)C(C)(C)NC(=O)c1ccc(Cl)c(S(=O)(=O)N2CCC[C@@H](C)C2)c1. The van der Waals surface area contributed by atoms with Crippen molar-refractivity contribution in [2.75, 3.05) is 20.2 Å². The van der Waals surface area contributed by atoms with Crippen LogP contribution < -0.4 is 5.32 Å². The molecule has 0 bridgehead atoms. The first-order valence-corrected chi connectivity index (χ1v) is 10.5. The van der Waals surface area contributed by atoms with E-state index in [0.717, 1.165) is 12.8 Å². The Hall–Kier alpha value is -1.64. The molecule has 1 aromatic carbocycles. The third-order valence-electron chi connectivity index (χ3n) is 4.55. The first-order valence-electron chi connectivity index (χ1n) is 8.69. The predicted molar refractivity (Wildman–Crippen MR) is 102 cm³/mol. The summed E-state index contributed by atoms with van der Waals surface area (Å²) in [6, 6.07) is 4.05. The van der Waals surface area contributed by atoms with Crippen molar-refractivity contribution < 1.29 is 22.7 Å². The molecule has 1 amide bonds. The van der Waals surface area contributed by atoms with Gasteiger partial charge in [0, 0.05) is 18.7 Å². The zero-order valence-corrected chi connectivity index (χ0v) is 17.5. The van der Waals surface area contributed by atoms with E-state index in [1.54, 1.807) is 0 Å². The number of carbonyl (C=O) groups is 2. The highest BCUT2D eigenvalue weighted by atomic mass is 35.5. The Bertz CT molecular complexity index is 838. The highest BCUT2D eigenvalue weighted by Crippen LogP contribution is 2.29. The third-order valence-corrected chi connectivity index (χ3v) is 6.90. The van der Waals surface area contributed by atoms with Gasteiger partial charge in [-0.1, -0.05) is 18.5 Å². The first kappa shape index (κ1) is 21.7. The summed E-state index contributed by atoms with van der Waals surface area (Å²) >= 11 is 6.14. The first-order chi connectivity index (χ1) is 12.5. The topological polar surface area (TPSA) is 92.8 Å². The predicted octanol–water partition coefficient (Wildman–Crippen LogP) is 2.44. The van der Waals surface area contributed by atoms with Gasteiger partial charge in [0.15, 0.2) is 0 Å². The molecule has 1 N–H and O–H groups in total. The van der Waals surface area contributed by atoms with Gasteiger partial charge in [0.2, 0.25) is 10.0 Å². The van der Waals surface area contributed by atoms with Crippen LogP contribution in [0.3, 0.4) is 0 Å². The van der Waals surface area contributed by atoms with Gasteiger partial charge in [-0.15, -0.1) is 0 Å². The van der Waals surface area contributed by atoms with E-state index in [2.05, 4.69) is 10.1 Å². The molecule has 1 aliphatic rings. The van der Waals surface area contributed by atoms with Crippen molar-refractivity contribution in [3.05, 3.63) is 28.8 Å². The third kappa shape index (κ3) is 4.80. The normalized spacial score (nSPS) is 18.8. The number of nitrogens with one attached hydrogen (secondary N) is 1. The molecule has 1 saturated heterocycles. The highest BCUT2D eigenvalue weighted by molar-refractivity contribution is 7.89. The average Bonchev–Trinajstić information content (AvgIpc) is 2.60. The smallest absolute Gasteiger partial charge is 0.330 e. The van der Waals surface area contributed by atoms with Crippen LogP contribution in [0.1, 0.15) is 44.0 Å². The Kier molecular flexibility index (Phi) is 6.55. The van der Waals surface area contributed by atoms with Crippen LogP contribution in [-0.2, 0) is 19.6 Å². The number of benzene rings is 1. The molecule has 1 atom stereocenters. The lowest BCUT2D eigenvalue weighted by atomic mass is 10.0. The number of sulfonamides is 1. The molecular weight excluding hydrogens is 392 g/mol. The summed E-state index contributed by atoms with van der Waals surface area (Å²) in [4.78, 5) is 24.2. The molecule has 0 saturated carbocycles. The lowest BCUT2D eigenvalue weighted by Gasteiger charge is -2.30. The van der Waals surface area contributed by atoms with Crippen LogP contribution in [0.25, 0.3) is 0 Å². The standard InChI is InChI=1S/C18H25ClN2O5S/c1-12-6-5-9-21(11-12)27(24,25)15-10-13(7-8-14(15)19)16(22)20-18(2,3)17(23)26-4/h7-8,10,12H,5-6,9,11H2,1-4H3,(H,20,22)/t12-/m1/s1. The van der Waals surface area contributed by atoms with Gasteiger partial charge in [0.1, 0.15) is 10.4 Å². The summed E-state index contributed by atoms with van der Waals surface area (Å²) in [7, 11) is -2.59. The number of piperidine rings is 1. The van der Waals surface area contributed by atoms with Crippen LogP contribution in [0, 0.1) is 5.92 Å². The van der Waals surface area contributed by atoms with Gasteiger partial charge in [0.05, 0.1) is 12.1 Å². The lowest BCUT2D eigenvalue weighted by Crippen LogP contribution is -2.50. The molecule has 7 nitrogen and oxygen atoms in total. The van der Waals surface area contributed by atoms with Gasteiger partial charge in [-0.2, -0.15) is 4.31 Å². The van der Waals surface area contributed by atoms with Crippen molar-refractivity contribution in [2.45, 2.75) is 44.0 Å². The van der Waals surface area contributed by atoms with E-state index in [1.807, 2.05) is 6.92 Å². The van der Waals surface area contributed by atoms with Gasteiger partial charge in [-0.05, 0) is 50.8 Å². The second-order valence-electron chi connectivity index (χ2n) is 7.33. The average molecular weight is 417 g/mol. The van der Waals surface area contributed by atoms with Crippen LogP contribution in [0.2, 0.25) is 5.02 Å². The summed E-state index contributed by atoms with van der Waals surface area (Å²) < 4.78 is 32.1. The van der Waals surface area contributed by atoms with Gasteiger partial charge in [0.25, 0.3) is 5.91 Å². The van der Waals surface area contributed by atoms with E-state index in [4.69, 9.17) is 11.6 Å². The Morgan fingerprint density at radius 1 is 1.33 bits per heavy atom. The lowest BCUT2D eigenvalue weighted by molar-refractivity contribution is -0.146. The number of halogens is 1. The van der Waals surface area contributed by atoms with Crippen LogP contribution in [0.4, 0.5) is 0 Å². The number of esters is 1. The number of hydrogen-bond acceptors (Lipinski definition) is 5. The Morgan fingerprint density at radius 2 is 2.00 bits per heavy atom. The summed E-state index contributed by atoms with van der Waals surface area (Å²) in [5.74, 6) is -0.940. The fraction of sp³-hybridized carbons (Fsp3) is 0.556. The molecule has 0 radical (unpaired) electrons. The fourth-order valence-corrected chi connectivity index (χ4v) is 5.11. The summed E-state index contributed by atoms with van der Waals surface area (Å²) in [5, 5.41) is 2.60. The summed E-state index contributed by atoms with van der Waals surface area (Å²) in [5.41, 5.74) is -1.16. The van der Waals surface area contributed by atoms with Crippen molar-refractivity contribution in [3.8, 4) is 0 Å². The van der Waals surface area contributed by atoms with E-state index >= 15 is 0 Å². The van der Waals surface area contributed by atoms with E-state index in [1.165, 1.54) is 43.5 Å². The maximum absolute atomic E-state index is 13.0. The zero-order chi connectivity index (χ0) is 20.4. The monoisotopic (exact) mass is 416 g/mol. The van der Waals surface area contributed by atoms with Crippen molar-refractivity contribution in [1.29, 1.82) is 0 Å².